The van der Waals surface area contributed by atoms with Crippen molar-refractivity contribution in [3.05, 3.63) is 11.8 Å². The van der Waals surface area contributed by atoms with E-state index in [1.807, 2.05) is 27.7 Å². The molecule has 0 amide bonds. The number of rotatable bonds is 7. The molecule has 0 aromatic carbocycles. The van der Waals surface area contributed by atoms with E-state index in [-0.39, 0.29) is 17.2 Å². The average molecular weight is 304 g/mol. The van der Waals surface area contributed by atoms with Crippen LogP contribution in [0.15, 0.2) is 6.07 Å². The topological polar surface area (TPSA) is 49.8 Å². The van der Waals surface area contributed by atoms with Crippen molar-refractivity contribution in [3.63, 3.8) is 0 Å². The molecular formula is C14H23F3N4. The lowest BCUT2D eigenvalue weighted by Crippen LogP contribution is -2.23. The Bertz CT molecular complexity index is 458. The molecule has 1 rings (SSSR count). The molecule has 0 aliphatic heterocycles. The van der Waals surface area contributed by atoms with Gasteiger partial charge in [-0.25, -0.2) is 4.98 Å². The van der Waals surface area contributed by atoms with Crippen LogP contribution in [0, 0.1) is 5.41 Å². The maximum atomic E-state index is 12.9. The van der Waals surface area contributed by atoms with Gasteiger partial charge in [-0.15, -0.1) is 0 Å². The van der Waals surface area contributed by atoms with E-state index in [0.717, 1.165) is 18.9 Å². The normalized spacial score (nSPS) is 12.3. The summed E-state index contributed by atoms with van der Waals surface area (Å²) in [6, 6.07) is 0.947. The van der Waals surface area contributed by atoms with Gasteiger partial charge in [0.25, 0.3) is 0 Å². The van der Waals surface area contributed by atoms with Crippen LogP contribution < -0.4 is 10.6 Å². The SMILES string of the molecule is CCCNc1nc(NCC(C)(C)CC)cc(C(F)(F)F)n1. The van der Waals surface area contributed by atoms with Crippen molar-refractivity contribution in [2.45, 2.75) is 46.7 Å². The van der Waals surface area contributed by atoms with Crippen molar-refractivity contribution >= 4 is 11.8 Å². The molecule has 2 N–H and O–H groups in total. The second-order valence-electron chi connectivity index (χ2n) is 5.76. The zero-order valence-electron chi connectivity index (χ0n) is 12.9. The second-order valence-corrected chi connectivity index (χ2v) is 5.76. The van der Waals surface area contributed by atoms with Gasteiger partial charge in [-0.3, -0.25) is 0 Å². The molecule has 0 unspecified atom stereocenters. The van der Waals surface area contributed by atoms with E-state index in [1.54, 1.807) is 0 Å². The number of alkyl halides is 3. The summed E-state index contributed by atoms with van der Waals surface area (Å²) in [6.07, 6.45) is -2.79. The molecule has 0 atom stereocenters. The van der Waals surface area contributed by atoms with E-state index in [9.17, 15) is 13.2 Å². The predicted molar refractivity (Wildman–Crippen MR) is 78.4 cm³/mol. The van der Waals surface area contributed by atoms with Crippen LogP contribution in [-0.4, -0.2) is 23.1 Å². The summed E-state index contributed by atoms with van der Waals surface area (Å²) in [5.74, 6) is 0.195. The molecule has 1 heterocycles. The molecule has 0 bridgehead atoms. The molecule has 1 aromatic rings. The fourth-order valence-electron chi connectivity index (χ4n) is 1.45. The first-order chi connectivity index (χ1) is 9.68. The Morgan fingerprint density at radius 3 is 2.29 bits per heavy atom. The second kappa shape index (κ2) is 6.95. The summed E-state index contributed by atoms with van der Waals surface area (Å²) in [7, 11) is 0. The molecule has 4 nitrogen and oxygen atoms in total. The Morgan fingerprint density at radius 2 is 1.76 bits per heavy atom. The summed E-state index contributed by atoms with van der Waals surface area (Å²) in [6.45, 7) is 9.12. The molecule has 0 aliphatic carbocycles. The first-order valence-electron chi connectivity index (χ1n) is 7.12. The number of anilines is 2. The van der Waals surface area contributed by atoms with Crippen molar-refractivity contribution in [2.75, 3.05) is 23.7 Å². The minimum absolute atomic E-state index is 0.00322. The first-order valence-corrected chi connectivity index (χ1v) is 7.12. The van der Waals surface area contributed by atoms with Gasteiger partial charge in [-0.05, 0) is 18.3 Å². The number of nitrogens with zero attached hydrogens (tertiary/aromatic N) is 2. The quantitative estimate of drug-likeness (QED) is 0.794. The van der Waals surface area contributed by atoms with Gasteiger partial charge >= 0.3 is 6.18 Å². The third-order valence-corrected chi connectivity index (χ3v) is 3.25. The van der Waals surface area contributed by atoms with Gasteiger partial charge in [0, 0.05) is 19.2 Å². The summed E-state index contributed by atoms with van der Waals surface area (Å²) < 4.78 is 38.6. The Labute approximate surface area is 123 Å². The molecule has 120 valence electrons. The van der Waals surface area contributed by atoms with E-state index in [4.69, 9.17) is 0 Å². The molecule has 0 radical (unpaired) electrons. The smallest absolute Gasteiger partial charge is 0.369 e. The van der Waals surface area contributed by atoms with Crippen LogP contribution in [0.25, 0.3) is 0 Å². The van der Waals surface area contributed by atoms with Crippen molar-refractivity contribution in [3.8, 4) is 0 Å². The molecule has 0 saturated heterocycles. The van der Waals surface area contributed by atoms with E-state index >= 15 is 0 Å². The monoisotopic (exact) mass is 304 g/mol. The number of aromatic nitrogens is 2. The van der Waals surface area contributed by atoms with Gasteiger partial charge < -0.3 is 10.6 Å². The molecule has 21 heavy (non-hydrogen) atoms. The number of nitrogens with one attached hydrogen (secondary N) is 2. The molecule has 0 spiro atoms. The fourth-order valence-corrected chi connectivity index (χ4v) is 1.45. The van der Waals surface area contributed by atoms with Gasteiger partial charge in [0.2, 0.25) is 5.95 Å². The molecular weight excluding hydrogens is 281 g/mol. The van der Waals surface area contributed by atoms with Crippen LogP contribution in [0.1, 0.15) is 46.2 Å². The molecule has 7 heteroatoms. The van der Waals surface area contributed by atoms with Crippen molar-refractivity contribution in [2.24, 2.45) is 5.41 Å². The Morgan fingerprint density at radius 1 is 1.10 bits per heavy atom. The van der Waals surface area contributed by atoms with E-state index in [1.165, 1.54) is 0 Å². The molecule has 0 saturated carbocycles. The lowest BCUT2D eigenvalue weighted by atomic mass is 9.90. The lowest BCUT2D eigenvalue weighted by Gasteiger charge is -2.23. The minimum Gasteiger partial charge on any atom is -0.369 e. The van der Waals surface area contributed by atoms with Gasteiger partial charge in [-0.1, -0.05) is 27.7 Å². The van der Waals surface area contributed by atoms with Crippen LogP contribution in [0.2, 0.25) is 0 Å². The van der Waals surface area contributed by atoms with Crippen molar-refractivity contribution in [1.82, 2.24) is 9.97 Å². The Balaban J connectivity index is 2.96. The Kier molecular flexibility index (Phi) is 5.80. The third-order valence-electron chi connectivity index (χ3n) is 3.25. The van der Waals surface area contributed by atoms with Crippen molar-refractivity contribution < 1.29 is 13.2 Å². The molecule has 0 aliphatic rings. The van der Waals surface area contributed by atoms with Crippen LogP contribution in [0.3, 0.4) is 0 Å². The van der Waals surface area contributed by atoms with Crippen LogP contribution in [0.4, 0.5) is 24.9 Å². The van der Waals surface area contributed by atoms with Crippen LogP contribution in [-0.2, 0) is 6.18 Å². The maximum absolute atomic E-state index is 12.9. The van der Waals surface area contributed by atoms with Crippen molar-refractivity contribution in [1.29, 1.82) is 0 Å². The highest BCUT2D eigenvalue weighted by molar-refractivity contribution is 5.43. The predicted octanol–water partition coefficient (Wildman–Crippen LogP) is 4.17. The average Bonchev–Trinajstić information content (AvgIpc) is 2.42. The van der Waals surface area contributed by atoms with Gasteiger partial charge in [0.15, 0.2) is 5.69 Å². The Hall–Kier alpha value is -1.53. The molecule has 1 aromatic heterocycles. The van der Waals surface area contributed by atoms with E-state index in [0.29, 0.717) is 13.1 Å². The standard InChI is InChI=1S/C14H23F3N4/c1-5-7-18-12-20-10(14(15,16)17)8-11(21-12)19-9-13(3,4)6-2/h8H,5-7,9H2,1-4H3,(H2,18,19,20,21). The lowest BCUT2D eigenvalue weighted by molar-refractivity contribution is -0.141. The first kappa shape index (κ1) is 17.5. The van der Waals surface area contributed by atoms with E-state index in [2.05, 4.69) is 20.6 Å². The van der Waals surface area contributed by atoms with Crippen LogP contribution >= 0.6 is 0 Å². The summed E-state index contributed by atoms with van der Waals surface area (Å²) in [5.41, 5.74) is -0.951. The summed E-state index contributed by atoms with van der Waals surface area (Å²) in [4.78, 5) is 7.61. The maximum Gasteiger partial charge on any atom is 0.433 e. The molecule has 0 fully saturated rings. The highest BCUT2D eigenvalue weighted by Gasteiger charge is 2.33. The number of halogens is 3. The van der Waals surface area contributed by atoms with E-state index < -0.39 is 11.9 Å². The summed E-state index contributed by atoms with van der Waals surface area (Å²) >= 11 is 0. The zero-order chi connectivity index (χ0) is 16.1. The minimum atomic E-state index is -4.48. The highest BCUT2D eigenvalue weighted by atomic mass is 19.4. The van der Waals surface area contributed by atoms with Crippen LogP contribution in [0.5, 0.6) is 0 Å². The van der Waals surface area contributed by atoms with Gasteiger partial charge in [-0.2, -0.15) is 18.2 Å². The third kappa shape index (κ3) is 5.77. The largest absolute Gasteiger partial charge is 0.433 e. The van der Waals surface area contributed by atoms with Gasteiger partial charge in [0.1, 0.15) is 5.82 Å². The summed E-state index contributed by atoms with van der Waals surface area (Å²) in [5, 5.41) is 5.77. The zero-order valence-corrected chi connectivity index (χ0v) is 12.9. The fraction of sp³-hybridized carbons (Fsp3) is 0.714. The number of hydrogen-bond acceptors (Lipinski definition) is 4. The highest BCUT2D eigenvalue weighted by Crippen LogP contribution is 2.30. The number of hydrogen-bond donors (Lipinski definition) is 2. The van der Waals surface area contributed by atoms with Gasteiger partial charge in [0.05, 0.1) is 0 Å².